The number of hydrogen-bond acceptors (Lipinski definition) is 3. The summed E-state index contributed by atoms with van der Waals surface area (Å²) in [5.74, 6) is 0.0273. The van der Waals surface area contributed by atoms with Crippen LogP contribution in [0.4, 0.5) is 0 Å². The second-order valence-corrected chi connectivity index (χ2v) is 4.59. The van der Waals surface area contributed by atoms with E-state index in [1.54, 1.807) is 11.3 Å². The van der Waals surface area contributed by atoms with Crippen molar-refractivity contribution in [2.45, 2.75) is 19.8 Å². The molecule has 1 rings (SSSR count). The lowest BCUT2D eigenvalue weighted by atomic mass is 10.0. The molecule has 4 heteroatoms. The highest BCUT2D eigenvalue weighted by molar-refractivity contribution is 7.08. The third-order valence-corrected chi connectivity index (χ3v) is 3.07. The summed E-state index contributed by atoms with van der Waals surface area (Å²) in [7, 11) is 0. The third-order valence-electron chi connectivity index (χ3n) is 2.37. The van der Waals surface area contributed by atoms with E-state index in [-0.39, 0.29) is 24.3 Å². The van der Waals surface area contributed by atoms with Gasteiger partial charge in [0, 0.05) is 13.2 Å². The lowest BCUT2D eigenvalue weighted by Gasteiger charge is -2.13. The Labute approximate surface area is 94.1 Å². The number of aliphatic hydroxyl groups is 1. The maximum Gasteiger partial charge on any atom is 0.227 e. The van der Waals surface area contributed by atoms with Gasteiger partial charge in [0.05, 0.1) is 5.92 Å². The SMILES string of the molecule is CC(CO)CNC(=O)C(C)c1ccsc1. The second kappa shape index (κ2) is 5.88. The van der Waals surface area contributed by atoms with Gasteiger partial charge in [0.1, 0.15) is 0 Å². The summed E-state index contributed by atoms with van der Waals surface area (Å²) in [6.45, 7) is 4.42. The number of nitrogens with one attached hydrogen (secondary N) is 1. The minimum absolute atomic E-state index is 0.0219. The van der Waals surface area contributed by atoms with E-state index in [0.717, 1.165) is 5.56 Å². The zero-order chi connectivity index (χ0) is 11.3. The Morgan fingerprint density at radius 3 is 2.87 bits per heavy atom. The fourth-order valence-corrected chi connectivity index (χ4v) is 1.92. The Balaban J connectivity index is 2.41. The molecule has 0 radical (unpaired) electrons. The molecule has 0 aliphatic carbocycles. The molecule has 0 fully saturated rings. The summed E-state index contributed by atoms with van der Waals surface area (Å²) >= 11 is 1.59. The average Bonchev–Trinajstić information content (AvgIpc) is 2.77. The molecule has 1 amide bonds. The fraction of sp³-hybridized carbons (Fsp3) is 0.545. The topological polar surface area (TPSA) is 49.3 Å². The van der Waals surface area contributed by atoms with Gasteiger partial charge in [-0.2, -0.15) is 11.3 Å². The minimum atomic E-state index is -0.109. The van der Waals surface area contributed by atoms with Crippen molar-refractivity contribution in [1.82, 2.24) is 5.32 Å². The van der Waals surface area contributed by atoms with Gasteiger partial charge in [-0.25, -0.2) is 0 Å². The summed E-state index contributed by atoms with van der Waals surface area (Å²) in [4.78, 5) is 11.7. The molecule has 0 aliphatic heterocycles. The molecule has 0 aliphatic rings. The van der Waals surface area contributed by atoms with Crippen molar-refractivity contribution in [3.8, 4) is 0 Å². The zero-order valence-corrected chi connectivity index (χ0v) is 9.88. The minimum Gasteiger partial charge on any atom is -0.396 e. The van der Waals surface area contributed by atoms with Crippen LogP contribution in [0.25, 0.3) is 0 Å². The average molecular weight is 227 g/mol. The van der Waals surface area contributed by atoms with E-state index in [2.05, 4.69) is 5.32 Å². The van der Waals surface area contributed by atoms with Crippen LogP contribution in [-0.4, -0.2) is 24.2 Å². The van der Waals surface area contributed by atoms with Gasteiger partial charge in [-0.05, 0) is 35.2 Å². The van der Waals surface area contributed by atoms with Crippen molar-refractivity contribution in [1.29, 1.82) is 0 Å². The van der Waals surface area contributed by atoms with Gasteiger partial charge in [0.25, 0.3) is 0 Å². The normalized spacial score (nSPS) is 14.6. The first kappa shape index (κ1) is 12.2. The van der Waals surface area contributed by atoms with E-state index in [9.17, 15) is 4.79 Å². The van der Waals surface area contributed by atoms with Crippen LogP contribution in [0.1, 0.15) is 25.3 Å². The van der Waals surface area contributed by atoms with Gasteiger partial charge in [-0.1, -0.05) is 6.92 Å². The van der Waals surface area contributed by atoms with Gasteiger partial charge < -0.3 is 10.4 Å². The summed E-state index contributed by atoms with van der Waals surface area (Å²) in [6.07, 6.45) is 0. The molecular weight excluding hydrogens is 210 g/mol. The molecule has 0 bridgehead atoms. The molecule has 15 heavy (non-hydrogen) atoms. The number of hydrogen-bond donors (Lipinski definition) is 2. The van der Waals surface area contributed by atoms with Crippen LogP contribution in [0, 0.1) is 5.92 Å². The molecule has 0 saturated carbocycles. The summed E-state index contributed by atoms with van der Waals surface area (Å²) in [5, 5.41) is 15.6. The monoisotopic (exact) mass is 227 g/mol. The summed E-state index contributed by atoms with van der Waals surface area (Å²) in [6, 6.07) is 1.96. The number of carbonyl (C=O) groups is 1. The van der Waals surface area contributed by atoms with Crippen molar-refractivity contribution in [2.75, 3.05) is 13.2 Å². The number of thiophene rings is 1. The van der Waals surface area contributed by atoms with Gasteiger partial charge >= 0.3 is 0 Å². The molecule has 0 aromatic carbocycles. The Kier molecular flexibility index (Phi) is 4.78. The van der Waals surface area contributed by atoms with Crippen molar-refractivity contribution in [3.05, 3.63) is 22.4 Å². The predicted molar refractivity (Wildman–Crippen MR) is 62.0 cm³/mol. The highest BCUT2D eigenvalue weighted by Crippen LogP contribution is 2.18. The molecule has 0 spiro atoms. The molecule has 1 aromatic heterocycles. The maximum absolute atomic E-state index is 11.7. The Bertz CT molecular complexity index is 298. The van der Waals surface area contributed by atoms with Gasteiger partial charge in [0.2, 0.25) is 5.91 Å². The van der Waals surface area contributed by atoms with Crippen LogP contribution in [0.5, 0.6) is 0 Å². The van der Waals surface area contributed by atoms with Gasteiger partial charge in [0.15, 0.2) is 0 Å². The predicted octanol–water partition coefficient (Wildman–Crippen LogP) is 1.60. The van der Waals surface area contributed by atoms with E-state index >= 15 is 0 Å². The number of aliphatic hydroxyl groups excluding tert-OH is 1. The number of rotatable bonds is 5. The molecule has 1 aromatic rings. The van der Waals surface area contributed by atoms with Gasteiger partial charge in [-0.15, -0.1) is 0 Å². The molecule has 3 nitrogen and oxygen atoms in total. The largest absolute Gasteiger partial charge is 0.396 e. The molecule has 2 unspecified atom stereocenters. The van der Waals surface area contributed by atoms with Crippen LogP contribution in [0.15, 0.2) is 16.8 Å². The van der Waals surface area contributed by atoms with Crippen LogP contribution >= 0.6 is 11.3 Å². The lowest BCUT2D eigenvalue weighted by Crippen LogP contribution is -2.32. The fourth-order valence-electron chi connectivity index (χ4n) is 1.17. The third kappa shape index (κ3) is 3.64. The van der Waals surface area contributed by atoms with Crippen LogP contribution in [-0.2, 0) is 4.79 Å². The van der Waals surface area contributed by atoms with E-state index in [1.807, 2.05) is 30.7 Å². The quantitative estimate of drug-likeness (QED) is 0.802. The maximum atomic E-state index is 11.7. The van der Waals surface area contributed by atoms with E-state index < -0.39 is 0 Å². The highest BCUT2D eigenvalue weighted by Gasteiger charge is 2.15. The van der Waals surface area contributed by atoms with Crippen LogP contribution in [0.3, 0.4) is 0 Å². The van der Waals surface area contributed by atoms with Crippen molar-refractivity contribution < 1.29 is 9.90 Å². The molecule has 2 atom stereocenters. The van der Waals surface area contributed by atoms with Gasteiger partial charge in [-0.3, -0.25) is 4.79 Å². The van der Waals surface area contributed by atoms with Crippen LogP contribution < -0.4 is 5.32 Å². The number of amides is 1. The van der Waals surface area contributed by atoms with E-state index in [1.165, 1.54) is 0 Å². The standard InChI is InChI=1S/C11H17NO2S/c1-8(6-13)5-12-11(14)9(2)10-3-4-15-7-10/h3-4,7-9,13H,5-6H2,1-2H3,(H,12,14). The number of carbonyl (C=O) groups excluding carboxylic acids is 1. The molecular formula is C11H17NO2S. The summed E-state index contributed by atoms with van der Waals surface area (Å²) < 4.78 is 0. The first-order chi connectivity index (χ1) is 7.15. The smallest absolute Gasteiger partial charge is 0.227 e. The van der Waals surface area contributed by atoms with Crippen molar-refractivity contribution >= 4 is 17.2 Å². The lowest BCUT2D eigenvalue weighted by molar-refractivity contribution is -0.122. The first-order valence-electron chi connectivity index (χ1n) is 5.05. The van der Waals surface area contributed by atoms with E-state index in [4.69, 9.17) is 5.11 Å². The Morgan fingerprint density at radius 1 is 1.60 bits per heavy atom. The van der Waals surface area contributed by atoms with Crippen molar-refractivity contribution in [2.24, 2.45) is 5.92 Å². The Morgan fingerprint density at radius 2 is 2.33 bits per heavy atom. The second-order valence-electron chi connectivity index (χ2n) is 3.81. The molecule has 1 heterocycles. The molecule has 2 N–H and O–H groups in total. The highest BCUT2D eigenvalue weighted by atomic mass is 32.1. The zero-order valence-electron chi connectivity index (χ0n) is 9.06. The molecule has 0 saturated heterocycles. The Hall–Kier alpha value is -0.870. The van der Waals surface area contributed by atoms with E-state index in [0.29, 0.717) is 6.54 Å². The molecule has 84 valence electrons. The van der Waals surface area contributed by atoms with Crippen LogP contribution in [0.2, 0.25) is 0 Å². The first-order valence-corrected chi connectivity index (χ1v) is 6.00. The van der Waals surface area contributed by atoms with Crippen molar-refractivity contribution in [3.63, 3.8) is 0 Å². The summed E-state index contributed by atoms with van der Waals surface area (Å²) in [5.41, 5.74) is 1.05.